The first-order valence-corrected chi connectivity index (χ1v) is 5.65. The van der Waals surface area contributed by atoms with Crippen molar-refractivity contribution < 1.29 is 23.9 Å². The number of carboxylic acid groups (broad SMARTS) is 1. The Hall–Kier alpha value is -1.10. The Morgan fingerprint density at radius 2 is 1.71 bits per heavy atom. The highest BCUT2D eigenvalue weighted by molar-refractivity contribution is 5.76. The molecule has 0 spiro atoms. The summed E-state index contributed by atoms with van der Waals surface area (Å²) in [4.78, 5) is 22.4. The zero-order valence-corrected chi connectivity index (χ0v) is 11.6. The predicted octanol–water partition coefficient (Wildman–Crippen LogP) is 1.13. The molecular formula is C12H24NO4+. The maximum absolute atomic E-state index is 11.7. The van der Waals surface area contributed by atoms with Crippen LogP contribution in [0.5, 0.6) is 0 Å². The van der Waals surface area contributed by atoms with Crippen molar-refractivity contribution in [1.82, 2.24) is 0 Å². The van der Waals surface area contributed by atoms with E-state index in [9.17, 15) is 9.59 Å². The molecule has 0 rings (SSSR count). The van der Waals surface area contributed by atoms with Gasteiger partial charge < -0.3 is 14.3 Å². The van der Waals surface area contributed by atoms with E-state index in [1.165, 1.54) is 0 Å². The Morgan fingerprint density at radius 1 is 1.24 bits per heavy atom. The quantitative estimate of drug-likeness (QED) is 0.583. The molecular weight excluding hydrogens is 222 g/mol. The first-order chi connectivity index (χ1) is 7.42. The number of esters is 1. The van der Waals surface area contributed by atoms with E-state index >= 15 is 0 Å². The van der Waals surface area contributed by atoms with Gasteiger partial charge in [-0.2, -0.15) is 0 Å². The Morgan fingerprint density at radius 3 is 2.00 bits per heavy atom. The van der Waals surface area contributed by atoms with Gasteiger partial charge in [0.2, 0.25) is 0 Å². The number of hydrogen-bond acceptors (Lipinski definition) is 3. The molecule has 0 radical (unpaired) electrons. The highest BCUT2D eigenvalue weighted by Crippen LogP contribution is 2.18. The molecule has 0 unspecified atom stereocenters. The second-order valence-corrected chi connectivity index (χ2v) is 6.35. The predicted molar refractivity (Wildman–Crippen MR) is 64.5 cm³/mol. The molecule has 5 nitrogen and oxygen atoms in total. The van der Waals surface area contributed by atoms with Crippen LogP contribution in [0, 0.1) is 5.41 Å². The summed E-state index contributed by atoms with van der Waals surface area (Å²) >= 11 is 0. The fraction of sp³-hybridized carbons (Fsp3) is 0.833. The fourth-order valence-electron chi connectivity index (χ4n) is 1.28. The molecule has 0 aromatic heterocycles. The molecule has 0 heterocycles. The SMILES string of the molecule is CC(C)(C)C(=O)O[C@H](CC(=O)O)C[N+](C)(C)C. The Bertz CT molecular complexity index is 286. The van der Waals surface area contributed by atoms with Crippen LogP contribution >= 0.6 is 0 Å². The van der Waals surface area contributed by atoms with Crippen LogP contribution in [0.4, 0.5) is 0 Å². The largest absolute Gasteiger partial charge is 0.481 e. The number of ether oxygens (including phenoxy) is 1. The van der Waals surface area contributed by atoms with Crippen molar-refractivity contribution >= 4 is 11.9 Å². The van der Waals surface area contributed by atoms with Crippen molar-refractivity contribution in [3.05, 3.63) is 0 Å². The number of quaternary nitrogens is 1. The summed E-state index contributed by atoms with van der Waals surface area (Å²) in [6.07, 6.45) is -0.739. The summed E-state index contributed by atoms with van der Waals surface area (Å²) in [6.45, 7) is 5.73. The van der Waals surface area contributed by atoms with E-state index in [4.69, 9.17) is 9.84 Å². The molecule has 0 aliphatic carbocycles. The van der Waals surface area contributed by atoms with Crippen LogP contribution in [-0.2, 0) is 14.3 Å². The first-order valence-electron chi connectivity index (χ1n) is 5.65. The van der Waals surface area contributed by atoms with Crippen LogP contribution in [0.15, 0.2) is 0 Å². The molecule has 0 saturated heterocycles. The lowest BCUT2D eigenvalue weighted by molar-refractivity contribution is -0.873. The molecule has 0 bridgehead atoms. The Kier molecular flexibility index (Phi) is 5.13. The zero-order valence-electron chi connectivity index (χ0n) is 11.6. The van der Waals surface area contributed by atoms with Crippen LogP contribution in [0.2, 0.25) is 0 Å². The summed E-state index contributed by atoms with van der Waals surface area (Å²) in [7, 11) is 5.79. The number of aliphatic carboxylic acids is 1. The van der Waals surface area contributed by atoms with Gasteiger partial charge in [-0.25, -0.2) is 0 Å². The number of carbonyl (C=O) groups is 2. The van der Waals surface area contributed by atoms with Crippen molar-refractivity contribution in [2.24, 2.45) is 5.41 Å². The number of carboxylic acids is 1. The van der Waals surface area contributed by atoms with Gasteiger partial charge in [0, 0.05) is 0 Å². The molecule has 1 N–H and O–H groups in total. The van der Waals surface area contributed by atoms with E-state index in [-0.39, 0.29) is 12.4 Å². The number of carbonyl (C=O) groups excluding carboxylic acids is 1. The zero-order chi connectivity index (χ0) is 13.9. The molecule has 1 atom stereocenters. The lowest BCUT2D eigenvalue weighted by Gasteiger charge is -2.29. The minimum atomic E-state index is -0.954. The van der Waals surface area contributed by atoms with E-state index in [1.54, 1.807) is 20.8 Å². The van der Waals surface area contributed by atoms with Crippen molar-refractivity contribution in [1.29, 1.82) is 0 Å². The number of hydrogen-bond donors (Lipinski definition) is 1. The molecule has 0 saturated carbocycles. The normalized spacial score (nSPS) is 14.2. The van der Waals surface area contributed by atoms with Crippen LogP contribution in [0.3, 0.4) is 0 Å². The number of nitrogens with zero attached hydrogens (tertiary/aromatic N) is 1. The first kappa shape index (κ1) is 15.9. The molecule has 0 fully saturated rings. The molecule has 0 aliphatic rings. The highest BCUT2D eigenvalue weighted by atomic mass is 16.5. The third-order valence-electron chi connectivity index (χ3n) is 2.04. The maximum atomic E-state index is 11.7. The maximum Gasteiger partial charge on any atom is 0.311 e. The van der Waals surface area contributed by atoms with E-state index in [1.807, 2.05) is 21.1 Å². The topological polar surface area (TPSA) is 63.6 Å². The van der Waals surface area contributed by atoms with Gasteiger partial charge in [0.25, 0.3) is 0 Å². The van der Waals surface area contributed by atoms with Crippen LogP contribution in [0.1, 0.15) is 27.2 Å². The van der Waals surface area contributed by atoms with Crippen LogP contribution in [0.25, 0.3) is 0 Å². The fourth-order valence-corrected chi connectivity index (χ4v) is 1.28. The number of rotatable bonds is 5. The van der Waals surface area contributed by atoms with Gasteiger partial charge in [-0.05, 0) is 20.8 Å². The van der Waals surface area contributed by atoms with Gasteiger partial charge in [0.1, 0.15) is 6.54 Å². The van der Waals surface area contributed by atoms with Gasteiger partial charge in [0.05, 0.1) is 33.0 Å². The Balaban J connectivity index is 4.60. The van der Waals surface area contributed by atoms with Crippen LogP contribution in [-0.4, -0.2) is 55.3 Å². The second-order valence-electron chi connectivity index (χ2n) is 6.35. The van der Waals surface area contributed by atoms with Gasteiger partial charge in [-0.15, -0.1) is 0 Å². The lowest BCUT2D eigenvalue weighted by atomic mass is 9.97. The summed E-state index contributed by atoms with van der Waals surface area (Å²) in [5.74, 6) is -1.32. The van der Waals surface area contributed by atoms with E-state index in [0.717, 1.165) is 0 Å². The molecule has 0 amide bonds. The monoisotopic (exact) mass is 246 g/mol. The molecule has 0 aromatic carbocycles. The molecule has 17 heavy (non-hydrogen) atoms. The smallest absolute Gasteiger partial charge is 0.311 e. The minimum Gasteiger partial charge on any atom is -0.481 e. The average Bonchev–Trinajstić information content (AvgIpc) is 1.96. The standard InChI is InChI=1S/C12H23NO4/c1-12(2,3)11(16)17-9(7-10(14)15)8-13(4,5)6/h9H,7-8H2,1-6H3/p+1/t9-/m1/s1. The van der Waals surface area contributed by atoms with Crippen molar-refractivity contribution in [2.75, 3.05) is 27.7 Å². The van der Waals surface area contributed by atoms with Gasteiger partial charge in [-0.1, -0.05) is 0 Å². The van der Waals surface area contributed by atoms with E-state index in [0.29, 0.717) is 11.0 Å². The summed E-state index contributed by atoms with van der Waals surface area (Å²) in [5, 5.41) is 8.80. The lowest BCUT2D eigenvalue weighted by Crippen LogP contribution is -2.44. The second kappa shape index (κ2) is 5.49. The van der Waals surface area contributed by atoms with Crippen molar-refractivity contribution in [3.8, 4) is 0 Å². The summed E-state index contributed by atoms with van der Waals surface area (Å²) < 4.78 is 5.82. The van der Waals surface area contributed by atoms with E-state index < -0.39 is 17.5 Å². The highest BCUT2D eigenvalue weighted by Gasteiger charge is 2.30. The molecule has 5 heteroatoms. The summed E-state index contributed by atoms with van der Waals surface area (Å²) in [5.41, 5.74) is -0.609. The Labute approximate surface area is 103 Å². The van der Waals surface area contributed by atoms with E-state index in [2.05, 4.69) is 0 Å². The number of likely N-dealkylation sites (N-methyl/N-ethyl adjacent to an activating group) is 1. The minimum absolute atomic E-state index is 0.155. The third-order valence-corrected chi connectivity index (χ3v) is 2.04. The van der Waals surface area contributed by atoms with Crippen LogP contribution < -0.4 is 0 Å². The molecule has 0 aliphatic heterocycles. The van der Waals surface area contributed by atoms with Crippen molar-refractivity contribution in [3.63, 3.8) is 0 Å². The molecule has 100 valence electrons. The molecule has 0 aromatic rings. The van der Waals surface area contributed by atoms with Crippen molar-refractivity contribution in [2.45, 2.75) is 33.3 Å². The summed E-state index contributed by atoms with van der Waals surface area (Å²) in [6, 6.07) is 0. The van der Waals surface area contributed by atoms with Gasteiger partial charge in [0.15, 0.2) is 6.10 Å². The third kappa shape index (κ3) is 7.74. The van der Waals surface area contributed by atoms with Gasteiger partial charge in [-0.3, -0.25) is 9.59 Å². The average molecular weight is 246 g/mol. The van der Waals surface area contributed by atoms with Gasteiger partial charge >= 0.3 is 11.9 Å².